The summed E-state index contributed by atoms with van der Waals surface area (Å²) in [4.78, 5) is 7.57. The molecule has 2 rings (SSSR count). The van der Waals surface area contributed by atoms with Crippen molar-refractivity contribution in [2.24, 2.45) is 0 Å². The Balaban J connectivity index is 2.55. The van der Waals surface area contributed by atoms with Crippen molar-refractivity contribution < 1.29 is 5.11 Å². The fraction of sp³-hybridized carbons (Fsp3) is 0. The number of nitrogens with one attached hydrogen (secondary N) is 1. The molecular formula is C11H12N6O. The fourth-order valence-corrected chi connectivity index (χ4v) is 1.59. The molecule has 0 unspecified atom stereocenters. The Hall–Kier alpha value is -2.83. The van der Waals surface area contributed by atoms with Crippen LogP contribution in [0.15, 0.2) is 24.5 Å². The maximum atomic E-state index is 9.46. The molecule has 1 aromatic heterocycles. The molecule has 2 aromatic rings. The standard InChI is InChI=1S/C11H12N6O/c12-6-1-5(2-7(18)3-6)9(13)8-10(14)16-4-17-11(8)15/h1-4,13,18H,12H2,(H4,14,15,16,17). The van der Waals surface area contributed by atoms with Crippen molar-refractivity contribution >= 4 is 23.0 Å². The van der Waals surface area contributed by atoms with Gasteiger partial charge in [0.15, 0.2) is 0 Å². The van der Waals surface area contributed by atoms with E-state index in [-0.39, 0.29) is 28.7 Å². The van der Waals surface area contributed by atoms with E-state index in [9.17, 15) is 5.11 Å². The number of nitrogens with zero attached hydrogens (tertiary/aromatic N) is 2. The molecular weight excluding hydrogens is 232 g/mol. The molecule has 8 N–H and O–H groups in total. The number of benzene rings is 1. The van der Waals surface area contributed by atoms with Crippen LogP contribution in [-0.4, -0.2) is 20.8 Å². The first kappa shape index (κ1) is 11.6. The van der Waals surface area contributed by atoms with E-state index < -0.39 is 0 Å². The second kappa shape index (κ2) is 4.21. The average Bonchev–Trinajstić information content (AvgIpc) is 2.27. The number of hydrogen-bond donors (Lipinski definition) is 5. The first-order chi connectivity index (χ1) is 8.49. The number of nitrogens with two attached hydrogens (primary N) is 3. The second-order valence-corrected chi connectivity index (χ2v) is 3.71. The van der Waals surface area contributed by atoms with Crippen molar-refractivity contribution in [3.8, 4) is 5.75 Å². The van der Waals surface area contributed by atoms with Gasteiger partial charge in [-0.3, -0.25) is 5.41 Å². The molecule has 1 aromatic carbocycles. The molecule has 7 heteroatoms. The Labute approximate surface area is 103 Å². The lowest BCUT2D eigenvalue weighted by atomic mass is 10.0. The molecule has 7 nitrogen and oxygen atoms in total. The topological polar surface area (TPSA) is 148 Å². The smallest absolute Gasteiger partial charge is 0.138 e. The van der Waals surface area contributed by atoms with Crippen molar-refractivity contribution in [3.63, 3.8) is 0 Å². The Morgan fingerprint density at radius 1 is 1.06 bits per heavy atom. The van der Waals surface area contributed by atoms with Gasteiger partial charge in [0.25, 0.3) is 0 Å². The molecule has 0 aliphatic carbocycles. The zero-order valence-electron chi connectivity index (χ0n) is 9.38. The highest BCUT2D eigenvalue weighted by Gasteiger charge is 2.15. The monoisotopic (exact) mass is 244 g/mol. The lowest BCUT2D eigenvalue weighted by Gasteiger charge is -2.09. The van der Waals surface area contributed by atoms with E-state index in [1.165, 1.54) is 24.5 Å². The third-order valence-electron chi connectivity index (χ3n) is 2.38. The van der Waals surface area contributed by atoms with Crippen LogP contribution < -0.4 is 17.2 Å². The molecule has 0 aliphatic rings. The second-order valence-electron chi connectivity index (χ2n) is 3.71. The van der Waals surface area contributed by atoms with E-state index in [1.54, 1.807) is 0 Å². The molecule has 0 amide bonds. The van der Waals surface area contributed by atoms with Crippen LogP contribution in [0, 0.1) is 5.41 Å². The van der Waals surface area contributed by atoms with Crippen LogP contribution in [0.4, 0.5) is 17.3 Å². The van der Waals surface area contributed by atoms with Crippen LogP contribution in [0.3, 0.4) is 0 Å². The molecule has 0 bridgehead atoms. The SMILES string of the molecule is N=C(c1cc(N)cc(O)c1)c1c(N)ncnc1N. The van der Waals surface area contributed by atoms with E-state index in [0.717, 1.165) is 0 Å². The fourth-order valence-electron chi connectivity index (χ4n) is 1.59. The summed E-state index contributed by atoms with van der Waals surface area (Å²) >= 11 is 0. The first-order valence-electron chi connectivity index (χ1n) is 5.04. The van der Waals surface area contributed by atoms with Crippen LogP contribution in [0.25, 0.3) is 0 Å². The largest absolute Gasteiger partial charge is 0.508 e. The maximum absolute atomic E-state index is 9.46. The number of nitrogen functional groups attached to an aromatic ring is 3. The van der Waals surface area contributed by atoms with Gasteiger partial charge in [-0.2, -0.15) is 0 Å². The van der Waals surface area contributed by atoms with Crippen LogP contribution in [-0.2, 0) is 0 Å². The van der Waals surface area contributed by atoms with Crippen LogP contribution in [0.1, 0.15) is 11.1 Å². The molecule has 0 radical (unpaired) electrons. The number of anilines is 3. The Bertz CT molecular complexity index is 584. The average molecular weight is 244 g/mol. The van der Waals surface area contributed by atoms with E-state index in [1.807, 2.05) is 0 Å². The summed E-state index contributed by atoms with van der Waals surface area (Å²) in [6, 6.07) is 4.31. The summed E-state index contributed by atoms with van der Waals surface area (Å²) < 4.78 is 0. The number of phenols is 1. The normalized spacial score (nSPS) is 10.2. The Kier molecular flexibility index (Phi) is 2.72. The van der Waals surface area contributed by atoms with Crippen molar-refractivity contribution in [1.82, 2.24) is 9.97 Å². The number of rotatable bonds is 2. The lowest BCUT2D eigenvalue weighted by Crippen LogP contribution is -2.12. The van der Waals surface area contributed by atoms with E-state index in [0.29, 0.717) is 11.3 Å². The lowest BCUT2D eigenvalue weighted by molar-refractivity contribution is 0.475. The van der Waals surface area contributed by atoms with Gasteiger partial charge >= 0.3 is 0 Å². The van der Waals surface area contributed by atoms with Crippen molar-refractivity contribution in [2.75, 3.05) is 17.2 Å². The molecule has 18 heavy (non-hydrogen) atoms. The number of hydrogen-bond acceptors (Lipinski definition) is 7. The maximum Gasteiger partial charge on any atom is 0.138 e. The van der Waals surface area contributed by atoms with Gasteiger partial charge in [-0.15, -0.1) is 0 Å². The zero-order valence-corrected chi connectivity index (χ0v) is 9.38. The summed E-state index contributed by atoms with van der Waals surface area (Å²) in [6.07, 6.45) is 1.22. The van der Waals surface area contributed by atoms with Gasteiger partial charge in [-0.25, -0.2) is 9.97 Å². The van der Waals surface area contributed by atoms with Crippen LogP contribution in [0.5, 0.6) is 5.75 Å². The van der Waals surface area contributed by atoms with Crippen LogP contribution >= 0.6 is 0 Å². The van der Waals surface area contributed by atoms with Crippen molar-refractivity contribution in [3.05, 3.63) is 35.7 Å². The van der Waals surface area contributed by atoms with Crippen molar-refractivity contribution in [1.29, 1.82) is 5.41 Å². The third kappa shape index (κ3) is 2.01. The highest BCUT2D eigenvalue weighted by Crippen LogP contribution is 2.23. The molecule has 0 saturated carbocycles. The number of aromatic hydroxyl groups is 1. The minimum Gasteiger partial charge on any atom is -0.508 e. The quantitative estimate of drug-likeness (QED) is 0.380. The highest BCUT2D eigenvalue weighted by molar-refractivity contribution is 6.16. The molecule has 92 valence electrons. The predicted molar refractivity (Wildman–Crippen MR) is 69.3 cm³/mol. The summed E-state index contributed by atoms with van der Waals surface area (Å²) in [7, 11) is 0. The van der Waals surface area contributed by atoms with Gasteiger partial charge in [0.1, 0.15) is 23.7 Å². The van der Waals surface area contributed by atoms with Crippen molar-refractivity contribution in [2.45, 2.75) is 0 Å². The molecule has 0 atom stereocenters. The van der Waals surface area contributed by atoms with E-state index in [2.05, 4.69) is 9.97 Å². The number of phenolic OH excluding ortho intramolecular Hbond substituents is 1. The molecule has 0 saturated heterocycles. The minimum atomic E-state index is -0.0382. The highest BCUT2D eigenvalue weighted by atomic mass is 16.3. The van der Waals surface area contributed by atoms with Gasteiger partial charge in [-0.1, -0.05) is 0 Å². The van der Waals surface area contributed by atoms with E-state index in [4.69, 9.17) is 22.6 Å². The summed E-state index contributed by atoms with van der Waals surface area (Å²) in [5.74, 6) is 0.174. The van der Waals surface area contributed by atoms with Gasteiger partial charge in [0, 0.05) is 17.3 Å². The predicted octanol–water partition coefficient (Wildman–Crippen LogP) is 0.345. The first-order valence-corrected chi connectivity index (χ1v) is 5.04. The minimum absolute atomic E-state index is 0.00759. The van der Waals surface area contributed by atoms with E-state index >= 15 is 0 Å². The van der Waals surface area contributed by atoms with Crippen LogP contribution in [0.2, 0.25) is 0 Å². The Morgan fingerprint density at radius 2 is 1.67 bits per heavy atom. The molecule has 1 heterocycles. The summed E-state index contributed by atoms with van der Waals surface area (Å²) in [5, 5.41) is 17.5. The molecule has 0 aliphatic heterocycles. The van der Waals surface area contributed by atoms with Gasteiger partial charge in [0.2, 0.25) is 0 Å². The van der Waals surface area contributed by atoms with Gasteiger partial charge in [0.05, 0.1) is 11.3 Å². The Morgan fingerprint density at radius 3 is 2.22 bits per heavy atom. The molecule has 0 spiro atoms. The summed E-state index contributed by atoms with van der Waals surface area (Å²) in [6.45, 7) is 0. The third-order valence-corrected chi connectivity index (χ3v) is 2.38. The molecule has 0 fully saturated rings. The zero-order chi connectivity index (χ0) is 13.3. The van der Waals surface area contributed by atoms with Gasteiger partial charge in [-0.05, 0) is 12.1 Å². The van der Waals surface area contributed by atoms with Gasteiger partial charge < -0.3 is 22.3 Å². The summed E-state index contributed by atoms with van der Waals surface area (Å²) in [5.41, 5.74) is 17.9. The number of aromatic nitrogens is 2.